The van der Waals surface area contributed by atoms with Gasteiger partial charge in [-0.15, -0.1) is 0 Å². The van der Waals surface area contributed by atoms with Gasteiger partial charge in [-0.2, -0.15) is 0 Å². The molecule has 0 aliphatic rings. The van der Waals surface area contributed by atoms with E-state index >= 15 is 0 Å². The highest BCUT2D eigenvalue weighted by Gasteiger charge is 2.17. The zero-order valence-electron chi connectivity index (χ0n) is 10.8. The Morgan fingerprint density at radius 2 is 2.00 bits per heavy atom. The maximum atomic E-state index is 11.7. The quantitative estimate of drug-likeness (QED) is 0.748. The molecule has 18 heavy (non-hydrogen) atoms. The normalized spacial score (nSPS) is 10.4. The number of hydrogen-bond donors (Lipinski definition) is 0. The van der Waals surface area contributed by atoms with Crippen molar-refractivity contribution in [2.24, 2.45) is 0 Å². The highest BCUT2D eigenvalue weighted by Crippen LogP contribution is 2.16. The summed E-state index contributed by atoms with van der Waals surface area (Å²) in [6.45, 7) is 5.59. The third-order valence-electron chi connectivity index (χ3n) is 2.77. The summed E-state index contributed by atoms with van der Waals surface area (Å²) in [4.78, 5) is 24.2. The molecule has 2 rings (SSSR count). The molecule has 6 heteroatoms. The summed E-state index contributed by atoms with van der Waals surface area (Å²) in [6, 6.07) is 0. The average Bonchev–Trinajstić information content (AvgIpc) is 2.69. The summed E-state index contributed by atoms with van der Waals surface area (Å²) in [7, 11) is 1.33. The van der Waals surface area contributed by atoms with Crippen molar-refractivity contribution in [1.82, 2.24) is 19.5 Å². The molecular weight excluding hydrogens is 232 g/mol. The number of nitrogens with zero attached hydrogens (tertiary/aromatic N) is 4. The molecule has 0 aliphatic heterocycles. The van der Waals surface area contributed by atoms with Crippen molar-refractivity contribution in [1.29, 1.82) is 0 Å². The molecule has 0 saturated carbocycles. The van der Waals surface area contributed by atoms with Gasteiger partial charge in [0.2, 0.25) is 0 Å². The number of aromatic nitrogens is 4. The minimum Gasteiger partial charge on any atom is -0.465 e. The van der Waals surface area contributed by atoms with Gasteiger partial charge in [0.05, 0.1) is 12.8 Å². The second-order valence-electron chi connectivity index (χ2n) is 3.93. The molecule has 0 aromatic carbocycles. The van der Waals surface area contributed by atoms with E-state index in [0.29, 0.717) is 17.2 Å². The van der Waals surface area contributed by atoms with Crippen LogP contribution in [-0.2, 0) is 4.74 Å². The number of esters is 1. The van der Waals surface area contributed by atoms with E-state index in [1.165, 1.54) is 13.3 Å². The van der Waals surface area contributed by atoms with Gasteiger partial charge in [-0.1, -0.05) is 0 Å². The number of methoxy groups -OCH3 is 1. The summed E-state index contributed by atoms with van der Waals surface area (Å²) in [5, 5.41) is 0. The van der Waals surface area contributed by atoms with Crippen molar-refractivity contribution in [3.8, 4) is 5.82 Å². The highest BCUT2D eigenvalue weighted by molar-refractivity contribution is 5.92. The fourth-order valence-corrected chi connectivity index (χ4v) is 1.61. The largest absolute Gasteiger partial charge is 0.465 e. The van der Waals surface area contributed by atoms with Crippen molar-refractivity contribution in [3.63, 3.8) is 0 Å². The molecular formula is C12H14N4O2. The van der Waals surface area contributed by atoms with Gasteiger partial charge in [0, 0.05) is 11.9 Å². The van der Waals surface area contributed by atoms with Gasteiger partial charge in [0.25, 0.3) is 0 Å². The second-order valence-corrected chi connectivity index (χ2v) is 3.93. The van der Waals surface area contributed by atoms with E-state index in [2.05, 4.69) is 15.0 Å². The predicted octanol–water partition coefficient (Wildman–Crippen LogP) is 1.37. The molecule has 0 unspecified atom stereocenters. The summed E-state index contributed by atoms with van der Waals surface area (Å²) in [5.74, 6) is 0.617. The summed E-state index contributed by atoms with van der Waals surface area (Å²) < 4.78 is 6.49. The average molecular weight is 246 g/mol. The molecule has 2 heterocycles. The lowest BCUT2D eigenvalue weighted by atomic mass is 10.3. The monoisotopic (exact) mass is 246 g/mol. The van der Waals surface area contributed by atoms with Crippen molar-refractivity contribution >= 4 is 5.97 Å². The number of carbonyl (C=O) groups is 1. The number of aryl methyl sites for hydroxylation is 2. The summed E-state index contributed by atoms with van der Waals surface area (Å²) in [6.07, 6.45) is 3.11. The van der Waals surface area contributed by atoms with Gasteiger partial charge in [-0.25, -0.2) is 19.7 Å². The van der Waals surface area contributed by atoms with Crippen LogP contribution >= 0.6 is 0 Å². The van der Waals surface area contributed by atoms with Crippen LogP contribution in [0.5, 0.6) is 0 Å². The van der Waals surface area contributed by atoms with Gasteiger partial charge in [0.1, 0.15) is 17.7 Å². The van der Waals surface area contributed by atoms with Crippen LogP contribution in [0.3, 0.4) is 0 Å². The Morgan fingerprint density at radius 3 is 2.56 bits per heavy atom. The van der Waals surface area contributed by atoms with E-state index in [4.69, 9.17) is 4.74 Å². The third kappa shape index (κ3) is 1.97. The Hall–Kier alpha value is -2.24. The Balaban J connectivity index is 2.65. The molecule has 0 spiro atoms. The van der Waals surface area contributed by atoms with Crippen LogP contribution in [0, 0.1) is 20.8 Å². The number of imidazole rings is 1. The van der Waals surface area contributed by atoms with Gasteiger partial charge in [0.15, 0.2) is 5.82 Å². The van der Waals surface area contributed by atoms with Crippen LogP contribution in [0.1, 0.15) is 27.6 Å². The van der Waals surface area contributed by atoms with E-state index < -0.39 is 5.97 Å². The molecule has 0 amide bonds. The van der Waals surface area contributed by atoms with Crippen molar-refractivity contribution in [2.45, 2.75) is 20.8 Å². The lowest BCUT2D eigenvalue weighted by molar-refractivity contribution is 0.0599. The predicted molar refractivity (Wildman–Crippen MR) is 64.7 cm³/mol. The Bertz CT molecular complexity index is 604. The first-order valence-electron chi connectivity index (χ1n) is 5.47. The van der Waals surface area contributed by atoms with Crippen LogP contribution in [0.15, 0.2) is 12.5 Å². The highest BCUT2D eigenvalue weighted by atomic mass is 16.5. The third-order valence-corrected chi connectivity index (χ3v) is 2.77. The Morgan fingerprint density at radius 1 is 1.28 bits per heavy atom. The molecule has 0 fully saturated rings. The van der Waals surface area contributed by atoms with Crippen LogP contribution in [0.25, 0.3) is 5.82 Å². The first kappa shape index (κ1) is 12.2. The maximum Gasteiger partial charge on any atom is 0.343 e. The van der Waals surface area contributed by atoms with Gasteiger partial charge >= 0.3 is 5.97 Å². The first-order valence-corrected chi connectivity index (χ1v) is 5.47. The molecule has 94 valence electrons. The molecule has 0 radical (unpaired) electrons. The molecule has 0 aliphatic carbocycles. The number of rotatable bonds is 2. The van der Waals surface area contributed by atoms with Crippen LogP contribution in [0.2, 0.25) is 0 Å². The van der Waals surface area contributed by atoms with Crippen molar-refractivity contribution < 1.29 is 9.53 Å². The number of ether oxygens (including phenoxy) is 1. The van der Waals surface area contributed by atoms with Crippen LogP contribution in [0.4, 0.5) is 0 Å². The minimum atomic E-state index is -0.462. The molecule has 6 nitrogen and oxygen atoms in total. The lowest BCUT2D eigenvalue weighted by Gasteiger charge is -2.09. The minimum absolute atomic E-state index is 0.323. The molecule has 0 N–H and O–H groups in total. The number of hydrogen-bond acceptors (Lipinski definition) is 5. The summed E-state index contributed by atoms with van der Waals surface area (Å²) >= 11 is 0. The second kappa shape index (κ2) is 4.56. The molecule has 2 aromatic rings. The number of carbonyl (C=O) groups excluding carboxylic acids is 1. The van der Waals surface area contributed by atoms with E-state index in [9.17, 15) is 4.79 Å². The van der Waals surface area contributed by atoms with E-state index in [1.807, 2.05) is 13.8 Å². The van der Waals surface area contributed by atoms with E-state index in [1.54, 1.807) is 17.8 Å². The fourth-order valence-electron chi connectivity index (χ4n) is 1.61. The molecule has 2 aromatic heterocycles. The standard InChI is InChI=1S/C12H14N4O2/c1-7-8(2)16(6-14-7)11-10(12(17)18-4)5-13-9(3)15-11/h5-6H,1-4H3. The van der Waals surface area contributed by atoms with Crippen LogP contribution in [-0.4, -0.2) is 32.6 Å². The van der Waals surface area contributed by atoms with Gasteiger partial charge in [-0.3, -0.25) is 4.57 Å². The Labute approximate surface area is 105 Å². The summed E-state index contributed by atoms with van der Waals surface area (Å²) in [5.41, 5.74) is 2.14. The molecule has 0 saturated heterocycles. The molecule has 0 bridgehead atoms. The topological polar surface area (TPSA) is 69.9 Å². The smallest absolute Gasteiger partial charge is 0.343 e. The van der Waals surface area contributed by atoms with E-state index in [0.717, 1.165) is 11.4 Å². The van der Waals surface area contributed by atoms with Crippen molar-refractivity contribution in [2.75, 3.05) is 7.11 Å². The van der Waals surface area contributed by atoms with Gasteiger partial charge < -0.3 is 4.74 Å². The SMILES string of the molecule is COC(=O)c1cnc(C)nc1-n1cnc(C)c1C. The first-order chi connectivity index (χ1) is 8.54. The van der Waals surface area contributed by atoms with Gasteiger partial charge in [-0.05, 0) is 20.8 Å². The Kier molecular flexibility index (Phi) is 3.10. The molecule has 0 atom stereocenters. The maximum absolute atomic E-state index is 11.7. The van der Waals surface area contributed by atoms with Crippen molar-refractivity contribution in [3.05, 3.63) is 35.3 Å². The van der Waals surface area contributed by atoms with Crippen LogP contribution < -0.4 is 0 Å². The zero-order valence-corrected chi connectivity index (χ0v) is 10.8. The lowest BCUT2D eigenvalue weighted by Crippen LogP contribution is -2.12. The van der Waals surface area contributed by atoms with E-state index in [-0.39, 0.29) is 0 Å². The zero-order chi connectivity index (χ0) is 13.3. The fraction of sp³-hybridized carbons (Fsp3) is 0.333.